The maximum absolute atomic E-state index is 12.0. The van der Waals surface area contributed by atoms with Gasteiger partial charge in [0.15, 0.2) is 0 Å². The molecule has 1 N–H and O–H groups in total. The normalized spacial score (nSPS) is 24.9. The lowest BCUT2D eigenvalue weighted by Gasteiger charge is -2.26. The molecule has 3 rings (SSSR count). The van der Waals surface area contributed by atoms with E-state index in [1.807, 2.05) is 12.1 Å². The molecule has 0 saturated carbocycles. The minimum atomic E-state index is -0.258. The molecular formula is C15H22N2O3. The molecule has 0 aliphatic carbocycles. The van der Waals surface area contributed by atoms with E-state index in [2.05, 4.69) is 10.2 Å². The molecule has 110 valence electrons. The Bertz CT molecular complexity index is 420. The monoisotopic (exact) mass is 278 g/mol. The fourth-order valence-corrected chi connectivity index (χ4v) is 3.04. The Morgan fingerprint density at radius 1 is 1.40 bits per heavy atom. The van der Waals surface area contributed by atoms with Gasteiger partial charge < -0.3 is 14.5 Å². The summed E-state index contributed by atoms with van der Waals surface area (Å²) in [6.45, 7) is 3.43. The Kier molecular flexibility index (Phi) is 4.38. The Labute approximate surface area is 119 Å². The quantitative estimate of drug-likeness (QED) is 0.891. The Hall–Kier alpha value is -1.33. The largest absolute Gasteiger partial charge is 0.468 e. The van der Waals surface area contributed by atoms with Crippen LogP contribution in [-0.2, 0) is 9.53 Å². The third-order valence-electron chi connectivity index (χ3n) is 4.14. The van der Waals surface area contributed by atoms with Crippen LogP contribution in [0.15, 0.2) is 22.8 Å². The van der Waals surface area contributed by atoms with Crippen molar-refractivity contribution in [1.82, 2.24) is 10.2 Å². The van der Waals surface area contributed by atoms with Crippen molar-refractivity contribution in [3.8, 4) is 0 Å². The molecule has 2 fully saturated rings. The first-order valence-corrected chi connectivity index (χ1v) is 7.51. The molecule has 1 aromatic heterocycles. The molecular weight excluding hydrogens is 256 g/mol. The topological polar surface area (TPSA) is 54.7 Å². The van der Waals surface area contributed by atoms with Gasteiger partial charge in [0.2, 0.25) is 5.91 Å². The van der Waals surface area contributed by atoms with Crippen molar-refractivity contribution in [1.29, 1.82) is 0 Å². The highest BCUT2D eigenvalue weighted by molar-refractivity contribution is 5.81. The molecule has 1 aromatic rings. The molecule has 0 spiro atoms. The highest BCUT2D eigenvalue weighted by Gasteiger charge is 2.28. The lowest BCUT2D eigenvalue weighted by molar-refractivity contribution is -0.130. The van der Waals surface area contributed by atoms with Gasteiger partial charge in [-0.05, 0) is 50.9 Å². The second-order valence-electron chi connectivity index (χ2n) is 5.52. The third-order valence-corrected chi connectivity index (χ3v) is 4.14. The van der Waals surface area contributed by atoms with Crippen molar-refractivity contribution in [2.24, 2.45) is 0 Å². The number of rotatable bonds is 5. The summed E-state index contributed by atoms with van der Waals surface area (Å²) >= 11 is 0. The summed E-state index contributed by atoms with van der Waals surface area (Å²) in [5, 5.41) is 3.02. The van der Waals surface area contributed by atoms with Crippen molar-refractivity contribution in [2.75, 3.05) is 26.2 Å². The van der Waals surface area contributed by atoms with Gasteiger partial charge in [-0.2, -0.15) is 0 Å². The summed E-state index contributed by atoms with van der Waals surface area (Å²) in [6, 6.07) is 4.03. The molecule has 5 heteroatoms. The minimum absolute atomic E-state index is 0.0123. The van der Waals surface area contributed by atoms with Gasteiger partial charge in [-0.25, -0.2) is 0 Å². The fraction of sp³-hybridized carbons (Fsp3) is 0.667. The lowest BCUT2D eigenvalue weighted by atomic mass is 10.1. The first-order chi connectivity index (χ1) is 9.84. The third kappa shape index (κ3) is 3.04. The summed E-state index contributed by atoms with van der Waals surface area (Å²) < 4.78 is 11.0. The average molecular weight is 278 g/mol. The second-order valence-corrected chi connectivity index (χ2v) is 5.52. The van der Waals surface area contributed by atoms with Crippen LogP contribution >= 0.6 is 0 Å². The van der Waals surface area contributed by atoms with E-state index < -0.39 is 0 Å². The Morgan fingerprint density at radius 2 is 2.25 bits per heavy atom. The van der Waals surface area contributed by atoms with Crippen LogP contribution in [0, 0.1) is 0 Å². The molecule has 2 atom stereocenters. The van der Waals surface area contributed by atoms with Gasteiger partial charge in [-0.1, -0.05) is 0 Å². The van der Waals surface area contributed by atoms with Crippen LogP contribution in [0.3, 0.4) is 0 Å². The zero-order valence-corrected chi connectivity index (χ0v) is 11.7. The molecule has 0 aromatic carbocycles. The number of hydrogen-bond acceptors (Lipinski definition) is 4. The van der Waals surface area contributed by atoms with Crippen LogP contribution in [0.5, 0.6) is 0 Å². The number of likely N-dealkylation sites (tertiary alicyclic amines) is 1. The van der Waals surface area contributed by atoms with Crippen LogP contribution in [0.4, 0.5) is 0 Å². The molecule has 1 amide bonds. The van der Waals surface area contributed by atoms with E-state index in [9.17, 15) is 4.79 Å². The number of furan rings is 1. The maximum Gasteiger partial charge on any atom is 0.249 e. The van der Waals surface area contributed by atoms with Crippen LogP contribution in [0.2, 0.25) is 0 Å². The van der Waals surface area contributed by atoms with Crippen LogP contribution in [0.25, 0.3) is 0 Å². The van der Waals surface area contributed by atoms with Crippen molar-refractivity contribution in [3.63, 3.8) is 0 Å². The number of hydrogen-bond donors (Lipinski definition) is 1. The molecule has 2 aliphatic heterocycles. The Morgan fingerprint density at radius 3 is 2.90 bits per heavy atom. The number of nitrogens with zero attached hydrogens (tertiary/aromatic N) is 1. The second kappa shape index (κ2) is 6.41. The highest BCUT2D eigenvalue weighted by Crippen LogP contribution is 2.25. The van der Waals surface area contributed by atoms with Gasteiger partial charge in [0.05, 0.1) is 12.3 Å². The molecule has 0 unspecified atom stereocenters. The molecule has 3 heterocycles. The molecule has 2 aliphatic rings. The average Bonchev–Trinajstić information content (AvgIpc) is 3.22. The van der Waals surface area contributed by atoms with Crippen LogP contribution < -0.4 is 5.32 Å². The molecule has 0 radical (unpaired) electrons. The summed E-state index contributed by atoms with van der Waals surface area (Å²) in [7, 11) is 0. The van der Waals surface area contributed by atoms with Crippen molar-refractivity contribution in [3.05, 3.63) is 24.2 Å². The minimum Gasteiger partial charge on any atom is -0.468 e. The van der Waals surface area contributed by atoms with Crippen molar-refractivity contribution in [2.45, 2.75) is 37.8 Å². The van der Waals surface area contributed by atoms with Crippen LogP contribution in [-0.4, -0.2) is 43.2 Å². The van der Waals surface area contributed by atoms with Crippen LogP contribution in [0.1, 0.15) is 37.5 Å². The molecule has 5 nitrogen and oxygen atoms in total. The van der Waals surface area contributed by atoms with Crippen molar-refractivity contribution < 1.29 is 13.9 Å². The zero-order chi connectivity index (χ0) is 13.8. The summed E-state index contributed by atoms with van der Waals surface area (Å²) in [6.07, 6.45) is 5.69. The van der Waals surface area contributed by atoms with Gasteiger partial charge in [-0.3, -0.25) is 9.69 Å². The van der Waals surface area contributed by atoms with Gasteiger partial charge in [0.25, 0.3) is 0 Å². The van der Waals surface area contributed by atoms with E-state index in [0.29, 0.717) is 13.2 Å². The maximum atomic E-state index is 12.0. The van der Waals surface area contributed by atoms with Crippen molar-refractivity contribution >= 4 is 5.91 Å². The SMILES string of the molecule is O=C(NC[C@H](c1ccco1)N1CCCC1)[C@H]1CCCO1. The van der Waals surface area contributed by atoms with E-state index in [-0.39, 0.29) is 18.1 Å². The predicted octanol–water partition coefficient (Wildman–Crippen LogP) is 1.71. The van der Waals surface area contributed by atoms with E-state index in [4.69, 9.17) is 9.15 Å². The number of ether oxygens (including phenoxy) is 1. The first-order valence-electron chi connectivity index (χ1n) is 7.51. The molecule has 20 heavy (non-hydrogen) atoms. The molecule has 0 bridgehead atoms. The first kappa shape index (κ1) is 13.6. The fourth-order valence-electron chi connectivity index (χ4n) is 3.04. The predicted molar refractivity (Wildman–Crippen MR) is 74.2 cm³/mol. The van der Waals surface area contributed by atoms with E-state index in [0.717, 1.165) is 31.7 Å². The highest BCUT2D eigenvalue weighted by atomic mass is 16.5. The van der Waals surface area contributed by atoms with Gasteiger partial charge in [0.1, 0.15) is 11.9 Å². The molecule has 2 saturated heterocycles. The van der Waals surface area contributed by atoms with Gasteiger partial charge >= 0.3 is 0 Å². The number of nitrogens with one attached hydrogen (secondary N) is 1. The lowest BCUT2D eigenvalue weighted by Crippen LogP contribution is -2.40. The van der Waals surface area contributed by atoms with E-state index in [1.165, 1.54) is 12.8 Å². The van der Waals surface area contributed by atoms with E-state index in [1.54, 1.807) is 6.26 Å². The smallest absolute Gasteiger partial charge is 0.249 e. The summed E-state index contributed by atoms with van der Waals surface area (Å²) in [4.78, 5) is 14.4. The van der Waals surface area contributed by atoms with Gasteiger partial charge in [0, 0.05) is 13.2 Å². The number of amides is 1. The Balaban J connectivity index is 1.59. The standard InChI is InChI=1S/C15H22N2O3/c18-15(14-6-4-10-20-14)16-11-12(13-5-3-9-19-13)17-7-1-2-8-17/h3,5,9,12,14H,1-2,4,6-8,10-11H2,(H,16,18)/t12-,14-/m1/s1. The zero-order valence-electron chi connectivity index (χ0n) is 11.7. The van der Waals surface area contributed by atoms with Gasteiger partial charge in [-0.15, -0.1) is 0 Å². The number of carbonyl (C=O) groups excluding carboxylic acids is 1. The number of carbonyl (C=O) groups is 1. The summed E-state index contributed by atoms with van der Waals surface area (Å²) in [5.74, 6) is 0.942. The van der Waals surface area contributed by atoms with E-state index >= 15 is 0 Å². The summed E-state index contributed by atoms with van der Waals surface area (Å²) in [5.41, 5.74) is 0.